The van der Waals surface area contributed by atoms with E-state index in [2.05, 4.69) is 25.4 Å². The SMILES string of the molecule is COc1nc(C)nc(NC(=O)NS(=O)(=O)c2ccccc2CCC(F)(F)F)n1.Nc1c([N+](=O)[O-])cnn1-c1c(Cl)cc(C(F)(F)F)cc1Cl. The van der Waals surface area contributed by atoms with Gasteiger partial charge in [0.05, 0.1) is 32.5 Å². The Balaban J connectivity index is 0.000000276. The maximum Gasteiger partial charge on any atom is 0.416 e. The number of nitro groups is 1. The molecule has 0 aliphatic carbocycles. The third kappa shape index (κ3) is 10.3. The summed E-state index contributed by atoms with van der Waals surface area (Å²) in [6.07, 6.45) is -9.98. The molecule has 0 aliphatic heterocycles. The topological polar surface area (TPSA) is 210 Å². The molecular formula is C25H21Cl2F6N9O6S. The molecule has 2 aromatic heterocycles. The first-order valence-electron chi connectivity index (χ1n) is 12.9. The van der Waals surface area contributed by atoms with Gasteiger partial charge in [0.2, 0.25) is 11.8 Å². The number of nitrogens with two attached hydrogens (primary N) is 1. The average molecular weight is 760 g/mol. The summed E-state index contributed by atoms with van der Waals surface area (Å²) >= 11 is 11.5. The molecule has 2 amide bonds. The molecule has 0 fully saturated rings. The first-order valence-corrected chi connectivity index (χ1v) is 15.2. The second-order valence-corrected chi connectivity index (χ2v) is 11.8. The Morgan fingerprint density at radius 1 is 1.08 bits per heavy atom. The normalized spacial score (nSPS) is 11.7. The number of anilines is 2. The van der Waals surface area contributed by atoms with Crippen LogP contribution in [0.1, 0.15) is 23.4 Å². The van der Waals surface area contributed by atoms with Gasteiger partial charge in [-0.3, -0.25) is 15.4 Å². The Bertz CT molecular complexity index is 1950. The average Bonchev–Trinajstić information content (AvgIpc) is 3.35. The number of methoxy groups -OCH3 is 1. The molecular weight excluding hydrogens is 739 g/mol. The van der Waals surface area contributed by atoms with Crippen LogP contribution in [0.15, 0.2) is 47.5 Å². The number of aromatic nitrogens is 5. The van der Waals surface area contributed by atoms with Gasteiger partial charge in [-0.15, -0.1) is 0 Å². The number of benzene rings is 2. The highest BCUT2D eigenvalue weighted by atomic mass is 35.5. The molecule has 15 nitrogen and oxygen atoms in total. The van der Waals surface area contributed by atoms with Crippen molar-refractivity contribution in [1.29, 1.82) is 0 Å². The van der Waals surface area contributed by atoms with E-state index in [1.54, 1.807) is 4.72 Å². The summed E-state index contributed by atoms with van der Waals surface area (Å²) in [5.74, 6) is -0.450. The van der Waals surface area contributed by atoms with Gasteiger partial charge in [0.25, 0.3) is 10.0 Å². The van der Waals surface area contributed by atoms with Crippen molar-refractivity contribution in [3.05, 3.63) is 79.7 Å². The van der Waals surface area contributed by atoms with E-state index in [0.717, 1.165) is 16.9 Å². The van der Waals surface area contributed by atoms with Crippen molar-refractivity contribution in [2.45, 2.75) is 37.0 Å². The first kappa shape index (κ1) is 38.5. The number of nitrogens with zero attached hydrogens (tertiary/aromatic N) is 6. The van der Waals surface area contributed by atoms with Crippen LogP contribution in [0.4, 0.5) is 48.6 Å². The largest absolute Gasteiger partial charge is 0.467 e. The molecule has 0 spiro atoms. The van der Waals surface area contributed by atoms with Gasteiger partial charge >= 0.3 is 30.1 Å². The summed E-state index contributed by atoms with van der Waals surface area (Å²) in [6, 6.07) is 5.08. The van der Waals surface area contributed by atoms with Gasteiger partial charge in [0.1, 0.15) is 17.7 Å². The smallest absolute Gasteiger partial charge is 0.416 e. The molecule has 0 unspecified atom stereocenters. The number of carbonyl (C=O) groups is 1. The van der Waals surface area contributed by atoms with Gasteiger partial charge in [-0.25, -0.2) is 22.6 Å². The zero-order chi connectivity index (χ0) is 36.9. The minimum absolute atomic E-state index is 0.0715. The van der Waals surface area contributed by atoms with E-state index in [0.29, 0.717) is 12.1 Å². The Morgan fingerprint density at radius 2 is 1.69 bits per heavy atom. The number of nitrogen functional groups attached to an aromatic ring is 1. The van der Waals surface area contributed by atoms with Gasteiger partial charge in [-0.05, 0) is 37.1 Å². The summed E-state index contributed by atoms with van der Waals surface area (Å²) in [6.45, 7) is 1.50. The molecule has 0 atom stereocenters. The van der Waals surface area contributed by atoms with Crippen LogP contribution in [-0.2, 0) is 22.6 Å². The minimum Gasteiger partial charge on any atom is -0.467 e. The van der Waals surface area contributed by atoms with E-state index < -0.39 is 68.1 Å². The Morgan fingerprint density at radius 3 is 2.22 bits per heavy atom. The van der Waals surface area contributed by atoms with Crippen molar-refractivity contribution in [3.8, 4) is 11.7 Å². The van der Waals surface area contributed by atoms with Crippen LogP contribution >= 0.6 is 23.2 Å². The second kappa shape index (κ2) is 15.1. The van der Waals surface area contributed by atoms with Crippen LogP contribution in [0.5, 0.6) is 6.01 Å². The molecule has 4 aromatic rings. The lowest BCUT2D eigenvalue weighted by Gasteiger charge is -2.13. The molecule has 0 saturated carbocycles. The predicted octanol–water partition coefficient (Wildman–Crippen LogP) is 5.88. The lowest BCUT2D eigenvalue weighted by molar-refractivity contribution is -0.383. The number of hydrogen-bond acceptors (Lipinski definition) is 11. The molecule has 0 radical (unpaired) electrons. The standard InChI is InChI=1S/C15H16F3N5O4S.C10H5Cl2F3N4O2/c1-9-19-12(22-14(20-9)27-2)21-13(24)23-28(25,26)11-6-4-3-5-10(11)7-8-15(16,17)18;11-5-1-4(10(13,14)15)2-6(12)8(5)18-9(16)7(3-17-18)19(20)21/h3-6H,7-8H2,1-2H3,(H2,19,20,21,22,23,24);1-3H,16H2. The quantitative estimate of drug-likeness (QED) is 0.110. The Kier molecular flexibility index (Phi) is 11.8. The zero-order valence-electron chi connectivity index (χ0n) is 24.6. The summed E-state index contributed by atoms with van der Waals surface area (Å²) in [4.78, 5) is 32.8. The maximum atomic E-state index is 12.6. The van der Waals surface area contributed by atoms with Gasteiger partial charge in [0.15, 0.2) is 0 Å². The highest BCUT2D eigenvalue weighted by molar-refractivity contribution is 7.90. The van der Waals surface area contributed by atoms with Crippen molar-refractivity contribution in [2.24, 2.45) is 0 Å². The van der Waals surface area contributed by atoms with Gasteiger partial charge < -0.3 is 10.5 Å². The van der Waals surface area contributed by atoms with E-state index in [-0.39, 0.29) is 39.1 Å². The fourth-order valence-electron chi connectivity index (χ4n) is 3.76. The number of sulfonamides is 1. The number of rotatable bonds is 8. The number of nitrogens with one attached hydrogen (secondary N) is 2. The van der Waals surface area contributed by atoms with Crippen LogP contribution in [0.2, 0.25) is 10.0 Å². The first-order chi connectivity index (χ1) is 22.6. The molecule has 264 valence electrons. The Labute approximate surface area is 281 Å². The van der Waals surface area contributed by atoms with Crippen LogP contribution < -0.4 is 20.5 Å². The number of alkyl halides is 6. The fourth-order valence-corrected chi connectivity index (χ4v) is 5.58. The van der Waals surface area contributed by atoms with Crippen molar-refractivity contribution >= 4 is 56.7 Å². The van der Waals surface area contributed by atoms with Gasteiger partial charge in [-0.2, -0.15) is 46.4 Å². The third-order valence-electron chi connectivity index (χ3n) is 5.84. The summed E-state index contributed by atoms with van der Waals surface area (Å²) < 4.78 is 107. The lowest BCUT2D eigenvalue weighted by atomic mass is 10.1. The van der Waals surface area contributed by atoms with Crippen molar-refractivity contribution in [1.82, 2.24) is 29.5 Å². The highest BCUT2D eigenvalue weighted by Crippen LogP contribution is 2.39. The van der Waals surface area contributed by atoms with Crippen LogP contribution in [0.3, 0.4) is 0 Å². The van der Waals surface area contributed by atoms with E-state index in [9.17, 15) is 49.7 Å². The van der Waals surface area contributed by atoms with Crippen molar-refractivity contribution < 1.29 is 49.2 Å². The van der Waals surface area contributed by atoms with E-state index in [1.165, 1.54) is 32.2 Å². The molecule has 2 heterocycles. The van der Waals surface area contributed by atoms with Crippen LogP contribution in [0.25, 0.3) is 5.69 Å². The summed E-state index contributed by atoms with van der Waals surface area (Å²) in [5, 5.41) is 15.6. The number of ether oxygens (including phenoxy) is 1. The van der Waals surface area contributed by atoms with Crippen LogP contribution in [0, 0.1) is 17.0 Å². The summed E-state index contributed by atoms with van der Waals surface area (Å²) in [7, 11) is -3.14. The molecule has 49 heavy (non-hydrogen) atoms. The third-order valence-corrected chi connectivity index (χ3v) is 7.85. The fraction of sp³-hybridized carbons (Fsp3) is 0.240. The molecule has 0 saturated heterocycles. The second-order valence-electron chi connectivity index (χ2n) is 9.35. The maximum absolute atomic E-state index is 12.6. The van der Waals surface area contributed by atoms with Gasteiger partial charge in [-0.1, -0.05) is 41.4 Å². The number of urea groups is 1. The van der Waals surface area contributed by atoms with E-state index >= 15 is 0 Å². The number of aryl methyl sites for hydroxylation is 2. The summed E-state index contributed by atoms with van der Waals surface area (Å²) in [5.41, 5.74) is 3.71. The van der Waals surface area contributed by atoms with Gasteiger partial charge in [0, 0.05) is 6.42 Å². The molecule has 0 aliphatic rings. The number of carbonyl (C=O) groups excluding carboxylic acids is 1. The monoisotopic (exact) mass is 759 g/mol. The predicted molar refractivity (Wildman–Crippen MR) is 161 cm³/mol. The number of amides is 2. The van der Waals surface area contributed by atoms with Crippen molar-refractivity contribution in [2.75, 3.05) is 18.2 Å². The van der Waals surface area contributed by atoms with E-state index in [1.807, 2.05) is 0 Å². The highest BCUT2D eigenvalue weighted by Gasteiger charge is 2.33. The molecule has 4 rings (SSSR count). The molecule has 4 N–H and O–H groups in total. The number of hydrogen-bond donors (Lipinski definition) is 3. The van der Waals surface area contributed by atoms with E-state index in [4.69, 9.17) is 33.7 Å². The number of halogens is 8. The van der Waals surface area contributed by atoms with Crippen molar-refractivity contribution in [3.63, 3.8) is 0 Å². The molecule has 0 bridgehead atoms. The lowest BCUT2D eigenvalue weighted by Crippen LogP contribution is -2.35. The Hall–Kier alpha value is -4.96. The molecule has 2 aromatic carbocycles. The minimum atomic E-state index is -4.63. The zero-order valence-corrected chi connectivity index (χ0v) is 26.9. The molecule has 24 heteroatoms. The van der Waals surface area contributed by atoms with Crippen LogP contribution in [-0.4, -0.2) is 57.4 Å².